The van der Waals surface area contributed by atoms with Crippen molar-refractivity contribution < 1.29 is 0 Å². The fourth-order valence-corrected chi connectivity index (χ4v) is 2.11. The first-order valence-electron chi connectivity index (χ1n) is 7.22. The van der Waals surface area contributed by atoms with E-state index in [-0.39, 0.29) is 5.41 Å². The van der Waals surface area contributed by atoms with Crippen LogP contribution in [0.3, 0.4) is 0 Å². The molecule has 21 heavy (non-hydrogen) atoms. The largest absolute Gasteiger partial charge is 0.313 e. The van der Waals surface area contributed by atoms with E-state index in [0.717, 1.165) is 16.8 Å². The third-order valence-corrected chi connectivity index (χ3v) is 3.43. The summed E-state index contributed by atoms with van der Waals surface area (Å²) in [6, 6.07) is 8.59. The van der Waals surface area contributed by atoms with Gasteiger partial charge in [-0.15, -0.1) is 0 Å². The van der Waals surface area contributed by atoms with E-state index in [0.29, 0.717) is 6.42 Å². The molecule has 0 amide bonds. The predicted octanol–water partition coefficient (Wildman–Crippen LogP) is 4.82. The Hall–Kier alpha value is -2.22. The van der Waals surface area contributed by atoms with Crippen LogP contribution in [0.15, 0.2) is 65.3 Å². The van der Waals surface area contributed by atoms with E-state index >= 15 is 0 Å². The normalized spacial score (nSPS) is 19.0. The first-order valence-corrected chi connectivity index (χ1v) is 7.22. The van der Waals surface area contributed by atoms with Gasteiger partial charge in [-0.05, 0) is 28.8 Å². The first-order chi connectivity index (χ1) is 10.0. The summed E-state index contributed by atoms with van der Waals surface area (Å²) in [6.07, 6.45) is 11.8. The van der Waals surface area contributed by atoms with Gasteiger partial charge in [0.05, 0.1) is 5.71 Å². The van der Waals surface area contributed by atoms with Gasteiger partial charge in [0, 0.05) is 18.2 Å². The van der Waals surface area contributed by atoms with Gasteiger partial charge >= 0.3 is 0 Å². The fraction of sp³-hybridized carbons (Fsp3) is 0.263. The lowest BCUT2D eigenvalue weighted by Gasteiger charge is -2.19. The van der Waals surface area contributed by atoms with E-state index in [1.165, 1.54) is 11.8 Å². The summed E-state index contributed by atoms with van der Waals surface area (Å²) >= 11 is 0. The lowest BCUT2D eigenvalue weighted by atomic mass is 9.86. The van der Waals surface area contributed by atoms with Crippen LogP contribution in [0.5, 0.6) is 0 Å². The summed E-state index contributed by atoms with van der Waals surface area (Å²) in [5.41, 5.74) is 4.58. The molecule has 2 rings (SSSR count). The van der Waals surface area contributed by atoms with Crippen molar-refractivity contribution in [2.75, 3.05) is 0 Å². The minimum atomic E-state index is 0.164. The van der Waals surface area contributed by atoms with Crippen molar-refractivity contribution in [2.24, 2.45) is 4.99 Å². The van der Waals surface area contributed by atoms with E-state index in [1.54, 1.807) is 0 Å². The van der Waals surface area contributed by atoms with Crippen LogP contribution in [-0.2, 0) is 5.41 Å². The van der Waals surface area contributed by atoms with Crippen molar-refractivity contribution in [1.29, 1.82) is 5.41 Å². The van der Waals surface area contributed by atoms with Gasteiger partial charge in [-0.1, -0.05) is 63.3 Å². The number of allylic oxidation sites excluding steroid dienone is 5. The molecule has 0 aliphatic carbocycles. The molecule has 1 aliphatic heterocycles. The molecule has 0 spiro atoms. The van der Waals surface area contributed by atoms with Gasteiger partial charge in [0.2, 0.25) is 0 Å². The van der Waals surface area contributed by atoms with Gasteiger partial charge in [0.25, 0.3) is 0 Å². The van der Waals surface area contributed by atoms with E-state index < -0.39 is 0 Å². The highest BCUT2D eigenvalue weighted by atomic mass is 14.7. The van der Waals surface area contributed by atoms with Gasteiger partial charge in [-0.2, -0.15) is 0 Å². The highest BCUT2D eigenvalue weighted by Gasteiger charge is 2.13. The van der Waals surface area contributed by atoms with Gasteiger partial charge in [-0.25, -0.2) is 0 Å². The number of nitrogens with one attached hydrogen (secondary N) is 1. The lowest BCUT2D eigenvalue weighted by molar-refractivity contribution is 0.590. The molecule has 108 valence electrons. The number of hydrogen-bond acceptors (Lipinski definition) is 2. The zero-order valence-corrected chi connectivity index (χ0v) is 12.9. The van der Waals surface area contributed by atoms with Gasteiger partial charge in [0.1, 0.15) is 0 Å². The van der Waals surface area contributed by atoms with Crippen LogP contribution in [0.4, 0.5) is 0 Å². The van der Waals surface area contributed by atoms with E-state index in [1.807, 2.05) is 30.5 Å². The Bertz CT molecular complexity index is 621. The van der Waals surface area contributed by atoms with Crippen LogP contribution >= 0.6 is 0 Å². The predicted molar refractivity (Wildman–Crippen MR) is 91.4 cm³/mol. The minimum Gasteiger partial charge on any atom is -0.313 e. The smallest absolute Gasteiger partial charge is 0.0702 e. The van der Waals surface area contributed by atoms with Crippen LogP contribution in [-0.4, -0.2) is 11.9 Å². The molecule has 0 aromatic heterocycles. The Labute approximate surface area is 127 Å². The quantitative estimate of drug-likeness (QED) is 0.769. The minimum absolute atomic E-state index is 0.164. The molecule has 0 radical (unpaired) electrons. The molecule has 0 fully saturated rings. The van der Waals surface area contributed by atoms with Crippen molar-refractivity contribution in [2.45, 2.75) is 32.6 Å². The van der Waals surface area contributed by atoms with E-state index in [9.17, 15) is 0 Å². The average molecular weight is 278 g/mol. The maximum atomic E-state index is 7.20. The van der Waals surface area contributed by atoms with Gasteiger partial charge < -0.3 is 5.41 Å². The molecule has 0 atom stereocenters. The van der Waals surface area contributed by atoms with Crippen molar-refractivity contribution in [1.82, 2.24) is 0 Å². The SMILES string of the molecule is CC(C)(C)c1ccc(C2=N/C=C(CC=N)\C=C\C=C2)cc1. The number of benzene rings is 1. The highest BCUT2D eigenvalue weighted by Crippen LogP contribution is 2.22. The summed E-state index contributed by atoms with van der Waals surface area (Å²) < 4.78 is 0. The molecule has 1 aromatic carbocycles. The number of aliphatic imine (C=N–C) groups is 1. The van der Waals surface area contributed by atoms with Crippen molar-refractivity contribution >= 4 is 11.9 Å². The maximum absolute atomic E-state index is 7.20. The van der Waals surface area contributed by atoms with Gasteiger partial charge in [0.15, 0.2) is 0 Å². The Kier molecular flexibility index (Phi) is 4.69. The zero-order chi connectivity index (χ0) is 15.3. The molecule has 2 heteroatoms. The molecule has 1 N–H and O–H groups in total. The topological polar surface area (TPSA) is 36.2 Å². The summed E-state index contributed by atoms with van der Waals surface area (Å²) in [6.45, 7) is 6.64. The van der Waals surface area contributed by atoms with E-state index in [4.69, 9.17) is 5.41 Å². The molecule has 0 saturated heterocycles. The summed E-state index contributed by atoms with van der Waals surface area (Å²) in [5, 5.41) is 7.20. The van der Waals surface area contributed by atoms with Crippen LogP contribution in [0.25, 0.3) is 0 Å². The third kappa shape index (κ3) is 4.12. The Morgan fingerprint density at radius 1 is 1.05 bits per heavy atom. The van der Waals surface area contributed by atoms with Gasteiger partial charge in [-0.3, -0.25) is 4.99 Å². The molecule has 0 saturated carbocycles. The molecule has 1 aliphatic rings. The molecule has 1 heterocycles. The molecular weight excluding hydrogens is 256 g/mol. The second-order valence-corrected chi connectivity index (χ2v) is 6.17. The van der Waals surface area contributed by atoms with Crippen LogP contribution in [0, 0.1) is 5.41 Å². The molecule has 2 nitrogen and oxygen atoms in total. The maximum Gasteiger partial charge on any atom is 0.0702 e. The van der Waals surface area contributed by atoms with E-state index in [2.05, 4.69) is 50.0 Å². The Morgan fingerprint density at radius 2 is 1.71 bits per heavy atom. The summed E-state index contributed by atoms with van der Waals surface area (Å²) in [7, 11) is 0. The summed E-state index contributed by atoms with van der Waals surface area (Å²) in [5.74, 6) is 0. The van der Waals surface area contributed by atoms with Crippen molar-refractivity contribution in [3.8, 4) is 0 Å². The molecule has 0 unspecified atom stereocenters. The second kappa shape index (κ2) is 6.49. The first kappa shape index (κ1) is 15.2. The number of hydrogen-bond donors (Lipinski definition) is 1. The Morgan fingerprint density at radius 3 is 2.33 bits per heavy atom. The average Bonchev–Trinajstić information content (AvgIpc) is 2.42. The third-order valence-electron chi connectivity index (χ3n) is 3.43. The molecular formula is C19H22N2. The molecule has 0 bridgehead atoms. The van der Waals surface area contributed by atoms with Crippen LogP contribution < -0.4 is 0 Å². The van der Waals surface area contributed by atoms with Crippen LogP contribution in [0.2, 0.25) is 0 Å². The monoisotopic (exact) mass is 278 g/mol. The molecule has 1 aromatic rings. The van der Waals surface area contributed by atoms with Crippen LogP contribution in [0.1, 0.15) is 38.3 Å². The summed E-state index contributed by atoms with van der Waals surface area (Å²) in [4.78, 5) is 4.56. The fourth-order valence-electron chi connectivity index (χ4n) is 2.11. The van der Waals surface area contributed by atoms with Crippen molar-refractivity contribution in [3.05, 3.63) is 71.5 Å². The zero-order valence-electron chi connectivity index (χ0n) is 12.9. The lowest BCUT2D eigenvalue weighted by Crippen LogP contribution is -2.11. The van der Waals surface area contributed by atoms with Crippen molar-refractivity contribution in [3.63, 3.8) is 0 Å². The standard InChI is InChI=1S/C19H22N2/c1-19(2,3)17-10-8-16(9-11-17)18-7-5-4-6-15(12-13-20)14-21-18/h4-11,13-14,20H,12H2,1-3H3/b5-4?,6-4+,7-5?,15-6?,15-14+,18-7?,20-13?,21-14?,21-18?. The number of rotatable bonds is 3. The Balaban J connectivity index is 2.30. The second-order valence-electron chi connectivity index (χ2n) is 6.17. The highest BCUT2D eigenvalue weighted by molar-refractivity contribution is 6.09. The number of nitrogens with zero attached hydrogens (tertiary/aromatic N) is 1.